The molecule has 1 nitrogen and oxygen atoms in total. The van der Waals surface area contributed by atoms with Crippen molar-refractivity contribution in [3.8, 4) is 33.4 Å². The summed E-state index contributed by atoms with van der Waals surface area (Å²) >= 11 is 0. The van der Waals surface area contributed by atoms with E-state index in [-0.39, 0.29) is 5.41 Å². The predicted molar refractivity (Wildman–Crippen MR) is 290 cm³/mol. The van der Waals surface area contributed by atoms with Crippen molar-refractivity contribution in [1.29, 1.82) is 0 Å². The van der Waals surface area contributed by atoms with Gasteiger partial charge in [-0.05, 0) is 138 Å². The van der Waals surface area contributed by atoms with Crippen LogP contribution in [-0.4, -0.2) is 6.21 Å². The van der Waals surface area contributed by atoms with Crippen LogP contribution in [0.2, 0.25) is 0 Å². The number of rotatable bonds is 9. The molecular weight excluding hydrogens is 831 g/mol. The standard InChI is InChI=1S/C68H53N/c1-67(2)60-29-15-17-31-62(60)68(63-32-18-16-30-61(63)67)59-40-39-53(50-35-37-51(38-36-50)57-43-55(48-22-9-4-10-23-48)42-56(44-57)49-24-11-5-12-25-49)45-58(59)66-54(28-19-33-64(66)68)46-69-65(52-26-13-6-14-27-52)41-34-47-20-7-3-8-21-47/h3-33,35-38,41-46H,34,39-40H2,1-2H3/b65-41-,69-46?. The molecule has 0 fully saturated rings. The van der Waals surface area contributed by atoms with Crippen molar-refractivity contribution in [2.24, 2.45) is 4.99 Å². The average Bonchev–Trinajstić information content (AvgIpc) is 3.72. The van der Waals surface area contributed by atoms with Crippen LogP contribution in [0.4, 0.5) is 0 Å². The molecule has 0 aromatic heterocycles. The van der Waals surface area contributed by atoms with E-state index in [1.165, 1.54) is 94.6 Å². The fourth-order valence-corrected chi connectivity index (χ4v) is 11.7. The highest BCUT2D eigenvalue weighted by Gasteiger charge is 2.54. The maximum absolute atomic E-state index is 5.40. The Morgan fingerprint density at radius 3 is 1.51 bits per heavy atom. The topological polar surface area (TPSA) is 12.4 Å². The quantitative estimate of drug-likeness (QED) is 0.128. The zero-order chi connectivity index (χ0) is 46.4. The third-order valence-electron chi connectivity index (χ3n) is 15.0. The molecule has 69 heavy (non-hydrogen) atoms. The molecule has 9 aromatic rings. The molecular formula is C68H53N. The van der Waals surface area contributed by atoms with Crippen LogP contribution in [0.3, 0.4) is 0 Å². The van der Waals surface area contributed by atoms with Gasteiger partial charge < -0.3 is 0 Å². The Bertz CT molecular complexity index is 3390. The van der Waals surface area contributed by atoms with E-state index in [2.05, 4.69) is 263 Å². The van der Waals surface area contributed by atoms with Crippen LogP contribution < -0.4 is 0 Å². The lowest BCUT2D eigenvalue weighted by molar-refractivity contribution is 0.550. The predicted octanol–water partition coefficient (Wildman–Crippen LogP) is 17.0. The molecule has 0 amide bonds. The van der Waals surface area contributed by atoms with Crippen molar-refractivity contribution < 1.29 is 0 Å². The Morgan fingerprint density at radius 2 is 0.928 bits per heavy atom. The maximum atomic E-state index is 5.40. The van der Waals surface area contributed by atoms with Crippen molar-refractivity contribution in [1.82, 2.24) is 0 Å². The van der Waals surface area contributed by atoms with E-state index >= 15 is 0 Å². The second-order valence-corrected chi connectivity index (χ2v) is 19.3. The van der Waals surface area contributed by atoms with Gasteiger partial charge >= 0.3 is 0 Å². The molecule has 0 saturated heterocycles. The van der Waals surface area contributed by atoms with Crippen molar-refractivity contribution in [3.63, 3.8) is 0 Å². The minimum Gasteiger partial charge on any atom is -0.256 e. The summed E-state index contributed by atoms with van der Waals surface area (Å²) in [5.74, 6) is 0. The SMILES string of the molecule is CC1(C)c2ccccc2C2(C3=C(C=C(c4ccc(-c5cc(-c6ccccc6)cc(-c6ccccc6)c5)cc4)CC3)c3c(C=N/C(=C\Cc4ccccc4)c4ccccc4)cccc32)c2ccccc21. The second kappa shape index (κ2) is 17.5. The molecule has 0 atom stereocenters. The van der Waals surface area contributed by atoms with Gasteiger partial charge in [0.1, 0.15) is 0 Å². The van der Waals surface area contributed by atoms with Gasteiger partial charge in [-0.15, -0.1) is 0 Å². The van der Waals surface area contributed by atoms with Crippen molar-refractivity contribution >= 4 is 23.1 Å². The van der Waals surface area contributed by atoms with Crippen LogP contribution >= 0.6 is 0 Å². The number of allylic oxidation sites excluding steroid dienone is 5. The first-order chi connectivity index (χ1) is 34.0. The molecule has 0 radical (unpaired) electrons. The molecule has 0 bridgehead atoms. The van der Waals surface area contributed by atoms with Gasteiger partial charge in [-0.2, -0.15) is 0 Å². The molecule has 3 aliphatic carbocycles. The van der Waals surface area contributed by atoms with E-state index in [4.69, 9.17) is 4.99 Å². The van der Waals surface area contributed by atoms with Gasteiger partial charge in [0, 0.05) is 17.2 Å². The Labute approximate surface area is 407 Å². The Morgan fingerprint density at radius 1 is 0.449 bits per heavy atom. The first-order valence-electron chi connectivity index (χ1n) is 24.5. The lowest BCUT2D eigenvalue weighted by atomic mass is 9.54. The van der Waals surface area contributed by atoms with Crippen molar-refractivity contribution in [2.75, 3.05) is 0 Å². The minimum atomic E-state index is -0.436. The van der Waals surface area contributed by atoms with Gasteiger partial charge in [0.2, 0.25) is 0 Å². The van der Waals surface area contributed by atoms with E-state index in [0.29, 0.717) is 0 Å². The Kier molecular flexibility index (Phi) is 10.7. The number of fused-ring (bicyclic) bond motifs is 8. The second-order valence-electron chi connectivity index (χ2n) is 19.3. The van der Waals surface area contributed by atoms with Crippen LogP contribution in [0, 0.1) is 0 Å². The molecule has 0 heterocycles. The summed E-state index contributed by atoms with van der Waals surface area (Å²) in [5, 5.41) is 0. The Hall–Kier alpha value is -8.13. The number of hydrogen-bond donors (Lipinski definition) is 0. The van der Waals surface area contributed by atoms with Crippen LogP contribution in [0.1, 0.15) is 82.3 Å². The molecule has 0 saturated carbocycles. The normalized spacial score (nSPS) is 15.3. The highest BCUT2D eigenvalue weighted by molar-refractivity contribution is 6.03. The van der Waals surface area contributed by atoms with E-state index in [1.807, 2.05) is 0 Å². The largest absolute Gasteiger partial charge is 0.256 e. The summed E-state index contributed by atoms with van der Waals surface area (Å²) < 4.78 is 0. The maximum Gasteiger partial charge on any atom is 0.0682 e. The minimum absolute atomic E-state index is 0.158. The molecule has 1 spiro atoms. The van der Waals surface area contributed by atoms with Crippen molar-refractivity contribution in [2.45, 2.75) is 43.9 Å². The average molecular weight is 884 g/mol. The monoisotopic (exact) mass is 883 g/mol. The van der Waals surface area contributed by atoms with Crippen molar-refractivity contribution in [3.05, 3.63) is 304 Å². The molecule has 330 valence electrons. The zero-order valence-electron chi connectivity index (χ0n) is 39.2. The van der Waals surface area contributed by atoms with Gasteiger partial charge in [-0.3, -0.25) is 4.99 Å². The third kappa shape index (κ3) is 7.38. The summed E-state index contributed by atoms with van der Waals surface area (Å²) in [5.41, 5.74) is 24.9. The highest BCUT2D eigenvalue weighted by atomic mass is 14.7. The van der Waals surface area contributed by atoms with E-state index in [1.54, 1.807) is 0 Å². The first-order valence-corrected chi connectivity index (χ1v) is 24.5. The molecule has 1 heteroatoms. The lowest BCUT2D eigenvalue weighted by Gasteiger charge is -2.48. The summed E-state index contributed by atoms with van der Waals surface area (Å²) in [4.78, 5) is 5.40. The zero-order valence-corrected chi connectivity index (χ0v) is 39.2. The van der Waals surface area contributed by atoms with E-state index in [9.17, 15) is 0 Å². The highest BCUT2D eigenvalue weighted by Crippen LogP contribution is 2.64. The van der Waals surface area contributed by atoms with Gasteiger partial charge in [-0.1, -0.05) is 238 Å². The Balaban J connectivity index is 1.01. The third-order valence-corrected chi connectivity index (χ3v) is 15.0. The molecule has 0 aliphatic heterocycles. The summed E-state index contributed by atoms with van der Waals surface area (Å²) in [6, 6.07) is 84.6. The van der Waals surface area contributed by atoms with Gasteiger partial charge in [-0.25, -0.2) is 0 Å². The number of nitrogens with zero attached hydrogens (tertiary/aromatic N) is 1. The van der Waals surface area contributed by atoms with Gasteiger partial charge in [0.05, 0.1) is 11.1 Å². The molecule has 3 aliphatic rings. The molecule has 12 rings (SSSR count). The summed E-state index contributed by atoms with van der Waals surface area (Å²) in [7, 11) is 0. The number of aliphatic imine (C=N–C) groups is 1. The van der Waals surface area contributed by atoms with Crippen LogP contribution in [-0.2, 0) is 17.3 Å². The molecule has 9 aromatic carbocycles. The van der Waals surface area contributed by atoms with E-state index in [0.717, 1.165) is 36.1 Å². The number of hydrogen-bond acceptors (Lipinski definition) is 1. The molecule has 0 unspecified atom stereocenters. The smallest absolute Gasteiger partial charge is 0.0682 e. The number of benzene rings is 9. The fourth-order valence-electron chi connectivity index (χ4n) is 11.7. The van der Waals surface area contributed by atoms with Crippen LogP contribution in [0.15, 0.2) is 253 Å². The van der Waals surface area contributed by atoms with Crippen LogP contribution in [0.5, 0.6) is 0 Å². The first kappa shape index (κ1) is 42.2. The van der Waals surface area contributed by atoms with Gasteiger partial charge in [0.25, 0.3) is 0 Å². The summed E-state index contributed by atoms with van der Waals surface area (Å²) in [6.07, 6.45) is 9.65. The fraction of sp³-hybridized carbons (Fsp3) is 0.103. The van der Waals surface area contributed by atoms with E-state index < -0.39 is 5.41 Å². The molecule has 0 N–H and O–H groups in total. The van der Waals surface area contributed by atoms with Gasteiger partial charge in [0.15, 0.2) is 0 Å². The summed E-state index contributed by atoms with van der Waals surface area (Å²) in [6.45, 7) is 4.81. The lowest BCUT2D eigenvalue weighted by Crippen LogP contribution is -2.41. The van der Waals surface area contributed by atoms with Crippen LogP contribution in [0.25, 0.3) is 50.2 Å².